The number of aromatic nitrogens is 2. The summed E-state index contributed by atoms with van der Waals surface area (Å²) >= 11 is 0. The molecule has 5 nitrogen and oxygen atoms in total. The maximum absolute atomic E-state index is 11.1. The Labute approximate surface area is 94.2 Å². The molecule has 1 aromatic rings. The van der Waals surface area contributed by atoms with E-state index in [2.05, 4.69) is 26.2 Å². The zero-order chi connectivity index (χ0) is 12.0. The molecule has 84 valence electrons. The van der Waals surface area contributed by atoms with Crippen LogP contribution in [0.1, 0.15) is 23.8 Å². The van der Waals surface area contributed by atoms with Crippen molar-refractivity contribution in [3.8, 4) is 12.3 Å². The summed E-state index contributed by atoms with van der Waals surface area (Å²) in [5, 5.41) is 10.6. The first-order chi connectivity index (χ1) is 7.67. The predicted molar refractivity (Wildman–Crippen MR) is 59.9 cm³/mol. The molecule has 0 saturated heterocycles. The van der Waals surface area contributed by atoms with Crippen LogP contribution in [0.5, 0.6) is 0 Å². The van der Waals surface area contributed by atoms with Crippen LogP contribution in [0.2, 0.25) is 0 Å². The minimum atomic E-state index is -0.504. The number of anilines is 1. The van der Waals surface area contributed by atoms with Gasteiger partial charge in [0.2, 0.25) is 0 Å². The third kappa shape index (κ3) is 3.24. The maximum atomic E-state index is 11.1. The lowest BCUT2D eigenvalue weighted by molar-refractivity contribution is 0.0593. The van der Waals surface area contributed by atoms with Gasteiger partial charge in [0.1, 0.15) is 5.82 Å². The van der Waals surface area contributed by atoms with E-state index in [0.29, 0.717) is 12.2 Å². The number of nitrogens with one attached hydrogen (secondary N) is 1. The van der Waals surface area contributed by atoms with Gasteiger partial charge in [0, 0.05) is 12.5 Å². The predicted octanol–water partition coefficient (Wildman–Crippen LogP) is 1.09. The number of methoxy groups -OCH3 is 1. The van der Waals surface area contributed by atoms with Gasteiger partial charge in [-0.15, -0.1) is 22.5 Å². The first kappa shape index (κ1) is 12.0. The van der Waals surface area contributed by atoms with E-state index in [1.54, 1.807) is 12.1 Å². The van der Waals surface area contributed by atoms with Crippen LogP contribution >= 0.6 is 0 Å². The van der Waals surface area contributed by atoms with E-state index in [1.807, 2.05) is 6.92 Å². The van der Waals surface area contributed by atoms with Gasteiger partial charge in [-0.05, 0) is 19.1 Å². The Morgan fingerprint density at radius 1 is 1.62 bits per heavy atom. The molecular formula is C11H13N3O2. The first-order valence-corrected chi connectivity index (χ1v) is 4.79. The molecule has 1 N–H and O–H groups in total. The van der Waals surface area contributed by atoms with Gasteiger partial charge in [0.25, 0.3) is 0 Å². The van der Waals surface area contributed by atoms with E-state index in [4.69, 9.17) is 6.42 Å². The van der Waals surface area contributed by atoms with Crippen molar-refractivity contribution in [3.63, 3.8) is 0 Å². The van der Waals surface area contributed by atoms with Crippen LogP contribution in [0, 0.1) is 12.3 Å². The van der Waals surface area contributed by atoms with Crippen molar-refractivity contribution in [2.75, 3.05) is 12.4 Å². The van der Waals surface area contributed by atoms with Crippen molar-refractivity contribution in [1.82, 2.24) is 10.2 Å². The molecule has 1 atom stereocenters. The van der Waals surface area contributed by atoms with Crippen LogP contribution in [0.15, 0.2) is 12.1 Å². The second-order valence-corrected chi connectivity index (χ2v) is 3.25. The Morgan fingerprint density at radius 2 is 2.38 bits per heavy atom. The summed E-state index contributed by atoms with van der Waals surface area (Å²) in [4.78, 5) is 11.1. The lowest BCUT2D eigenvalue weighted by Gasteiger charge is -2.10. The topological polar surface area (TPSA) is 64.1 Å². The average molecular weight is 219 g/mol. The number of ether oxygens (including phenoxy) is 1. The third-order valence-corrected chi connectivity index (χ3v) is 1.88. The van der Waals surface area contributed by atoms with Gasteiger partial charge in [-0.25, -0.2) is 4.79 Å². The zero-order valence-electron chi connectivity index (χ0n) is 9.23. The van der Waals surface area contributed by atoms with Gasteiger partial charge in [0.05, 0.1) is 7.11 Å². The number of hydrogen-bond acceptors (Lipinski definition) is 5. The van der Waals surface area contributed by atoms with Gasteiger partial charge in [-0.2, -0.15) is 0 Å². The van der Waals surface area contributed by atoms with E-state index in [0.717, 1.165) is 0 Å². The molecule has 0 aliphatic heterocycles. The van der Waals surface area contributed by atoms with E-state index in [9.17, 15) is 4.79 Å². The third-order valence-electron chi connectivity index (χ3n) is 1.88. The quantitative estimate of drug-likeness (QED) is 0.606. The summed E-state index contributed by atoms with van der Waals surface area (Å²) in [5.74, 6) is 2.62. The first-order valence-electron chi connectivity index (χ1n) is 4.79. The Bertz CT molecular complexity index is 395. The number of esters is 1. The molecule has 0 fully saturated rings. The molecule has 0 aliphatic rings. The monoisotopic (exact) mass is 219 g/mol. The molecule has 0 radical (unpaired) electrons. The van der Waals surface area contributed by atoms with Crippen molar-refractivity contribution in [3.05, 3.63) is 17.8 Å². The molecule has 0 spiro atoms. The molecule has 0 saturated carbocycles. The smallest absolute Gasteiger partial charge is 0.358 e. The van der Waals surface area contributed by atoms with E-state index in [1.165, 1.54) is 7.11 Å². The molecule has 0 aliphatic carbocycles. The van der Waals surface area contributed by atoms with Gasteiger partial charge in [-0.1, -0.05) is 0 Å². The van der Waals surface area contributed by atoms with Gasteiger partial charge in [-0.3, -0.25) is 0 Å². The summed E-state index contributed by atoms with van der Waals surface area (Å²) < 4.78 is 4.51. The minimum absolute atomic E-state index is 0.114. The molecule has 1 aromatic heterocycles. The molecule has 0 amide bonds. The summed E-state index contributed by atoms with van der Waals surface area (Å²) in [7, 11) is 1.30. The summed E-state index contributed by atoms with van der Waals surface area (Å²) in [6, 6.07) is 3.32. The molecule has 1 heterocycles. The standard InChI is InChI=1S/C11H13N3O2/c1-4-5-8(2)12-10-7-6-9(13-14-10)11(15)16-3/h1,6-8H,5H2,2-3H3,(H,12,14). The number of nitrogens with zero attached hydrogens (tertiary/aromatic N) is 2. The summed E-state index contributed by atoms with van der Waals surface area (Å²) in [5.41, 5.74) is 0.178. The van der Waals surface area contributed by atoms with Crippen LogP contribution in [-0.2, 0) is 4.74 Å². The number of carbonyl (C=O) groups is 1. The largest absolute Gasteiger partial charge is 0.464 e. The zero-order valence-corrected chi connectivity index (χ0v) is 9.23. The highest BCUT2D eigenvalue weighted by Crippen LogP contribution is 2.05. The van der Waals surface area contributed by atoms with Crippen LogP contribution in [-0.4, -0.2) is 29.3 Å². The van der Waals surface area contributed by atoms with E-state index >= 15 is 0 Å². The van der Waals surface area contributed by atoms with Crippen molar-refractivity contribution < 1.29 is 9.53 Å². The molecule has 0 aromatic carbocycles. The van der Waals surface area contributed by atoms with Crippen molar-refractivity contribution >= 4 is 11.8 Å². The molecule has 1 unspecified atom stereocenters. The van der Waals surface area contributed by atoms with Crippen molar-refractivity contribution in [2.45, 2.75) is 19.4 Å². The van der Waals surface area contributed by atoms with Gasteiger partial charge in [0.15, 0.2) is 5.69 Å². The second-order valence-electron chi connectivity index (χ2n) is 3.25. The number of hydrogen-bond donors (Lipinski definition) is 1. The van der Waals surface area contributed by atoms with Gasteiger partial charge >= 0.3 is 5.97 Å². The average Bonchev–Trinajstić information content (AvgIpc) is 2.29. The van der Waals surface area contributed by atoms with Crippen LogP contribution in [0.4, 0.5) is 5.82 Å². The number of terminal acetylenes is 1. The fourth-order valence-electron chi connectivity index (χ4n) is 1.10. The molecule has 5 heteroatoms. The number of rotatable bonds is 4. The Morgan fingerprint density at radius 3 is 2.88 bits per heavy atom. The normalized spacial score (nSPS) is 11.3. The molecule has 16 heavy (non-hydrogen) atoms. The Kier molecular flexibility index (Phi) is 4.28. The molecule has 1 rings (SSSR count). The lowest BCUT2D eigenvalue weighted by atomic mass is 10.2. The minimum Gasteiger partial charge on any atom is -0.464 e. The van der Waals surface area contributed by atoms with Crippen LogP contribution in [0.3, 0.4) is 0 Å². The fourth-order valence-corrected chi connectivity index (χ4v) is 1.10. The van der Waals surface area contributed by atoms with Gasteiger partial charge < -0.3 is 10.1 Å². The number of carbonyl (C=O) groups excluding carboxylic acids is 1. The summed E-state index contributed by atoms with van der Waals surface area (Å²) in [6.07, 6.45) is 5.78. The van der Waals surface area contributed by atoms with Crippen LogP contribution in [0.25, 0.3) is 0 Å². The van der Waals surface area contributed by atoms with Crippen LogP contribution < -0.4 is 5.32 Å². The SMILES string of the molecule is C#CCC(C)Nc1ccc(C(=O)OC)nn1. The lowest BCUT2D eigenvalue weighted by Crippen LogP contribution is -2.16. The molecule has 0 bridgehead atoms. The molecular weight excluding hydrogens is 206 g/mol. The highest BCUT2D eigenvalue weighted by Gasteiger charge is 2.08. The summed E-state index contributed by atoms with van der Waals surface area (Å²) in [6.45, 7) is 1.94. The Hall–Kier alpha value is -2.09. The van der Waals surface area contributed by atoms with Crippen molar-refractivity contribution in [1.29, 1.82) is 0 Å². The maximum Gasteiger partial charge on any atom is 0.358 e. The fraction of sp³-hybridized carbons (Fsp3) is 0.364. The van der Waals surface area contributed by atoms with E-state index in [-0.39, 0.29) is 11.7 Å². The highest BCUT2D eigenvalue weighted by atomic mass is 16.5. The van der Waals surface area contributed by atoms with Crippen molar-refractivity contribution in [2.24, 2.45) is 0 Å². The van der Waals surface area contributed by atoms with E-state index < -0.39 is 5.97 Å². The second kappa shape index (κ2) is 5.71. The Balaban J connectivity index is 2.65. The highest BCUT2D eigenvalue weighted by molar-refractivity contribution is 5.86.